The maximum absolute atomic E-state index is 14.5. The number of imidazole rings is 1. The van der Waals surface area contributed by atoms with Crippen LogP contribution in [0.2, 0.25) is 0 Å². The van der Waals surface area contributed by atoms with Gasteiger partial charge in [0.1, 0.15) is 35.9 Å². The quantitative estimate of drug-likeness (QED) is 0.252. The monoisotopic (exact) mass is 500 g/mol. The molecular weight excluding hydrogens is 482 g/mol. The molecular formula is C18H18F2N6O7S. The molecule has 0 amide bonds. The average molecular weight is 500 g/mol. The number of Topliss-reactive ketones (excluding diaryl/α,β-unsaturated/α-hetero) is 1. The van der Waals surface area contributed by atoms with E-state index in [1.807, 2.05) is 0 Å². The van der Waals surface area contributed by atoms with Crippen LogP contribution in [0, 0.1) is 0 Å². The number of benzene rings is 1. The van der Waals surface area contributed by atoms with Gasteiger partial charge in [0.2, 0.25) is 0 Å². The number of ketones is 1. The number of fused-ring (bicyclic) bond motifs is 1. The van der Waals surface area contributed by atoms with Crippen LogP contribution in [0.25, 0.3) is 11.2 Å². The number of phenols is 1. The number of nitrogens with one attached hydrogen (secondary N) is 1. The van der Waals surface area contributed by atoms with E-state index in [1.54, 1.807) is 0 Å². The van der Waals surface area contributed by atoms with E-state index in [2.05, 4.69) is 15.0 Å². The summed E-state index contributed by atoms with van der Waals surface area (Å²) in [5.74, 6) is -2.93. The van der Waals surface area contributed by atoms with Crippen molar-refractivity contribution in [1.82, 2.24) is 24.2 Å². The molecule has 182 valence electrons. The first-order valence-corrected chi connectivity index (χ1v) is 11.1. The Hall–Kier alpha value is -3.31. The number of hydrogen-bond acceptors (Lipinski definition) is 11. The minimum absolute atomic E-state index is 0.0393. The summed E-state index contributed by atoms with van der Waals surface area (Å²) in [6, 6.07) is 4.23. The van der Waals surface area contributed by atoms with Crippen LogP contribution >= 0.6 is 0 Å². The Morgan fingerprint density at radius 2 is 1.91 bits per heavy atom. The lowest BCUT2D eigenvalue weighted by Gasteiger charge is -2.20. The van der Waals surface area contributed by atoms with Gasteiger partial charge >= 0.3 is 5.25 Å². The van der Waals surface area contributed by atoms with Crippen molar-refractivity contribution in [1.29, 1.82) is 0 Å². The summed E-state index contributed by atoms with van der Waals surface area (Å²) in [7, 11) is -5.64. The second-order valence-corrected chi connectivity index (χ2v) is 9.15. The molecule has 0 radical (unpaired) electrons. The van der Waals surface area contributed by atoms with Gasteiger partial charge in [-0.2, -0.15) is 8.78 Å². The van der Waals surface area contributed by atoms with Crippen molar-refractivity contribution in [3.05, 3.63) is 42.5 Å². The standard InChI is InChI=1S/C18H18F2N6O7S/c19-18(20,14(30)8-3-1-2-4-9(8)27)34(31,32)25-5-10-12(28)13(29)17(33-10)26-7-24-11-15(21)22-6-23-16(11)26/h1-4,6-7,10,12-13,17,25,27-29H,5H2,(H2,21,22,23)/t10-,12?,13?,17-/m1/s1. The summed E-state index contributed by atoms with van der Waals surface area (Å²) in [4.78, 5) is 23.9. The Morgan fingerprint density at radius 3 is 2.62 bits per heavy atom. The Morgan fingerprint density at radius 1 is 1.21 bits per heavy atom. The lowest BCUT2D eigenvalue weighted by molar-refractivity contribution is -0.0331. The van der Waals surface area contributed by atoms with Crippen molar-refractivity contribution in [2.24, 2.45) is 0 Å². The summed E-state index contributed by atoms with van der Waals surface area (Å²) in [5.41, 5.74) is 5.13. The van der Waals surface area contributed by atoms with Crippen molar-refractivity contribution >= 4 is 32.8 Å². The number of rotatable bonds is 7. The molecule has 16 heteroatoms. The fourth-order valence-electron chi connectivity index (χ4n) is 3.41. The summed E-state index contributed by atoms with van der Waals surface area (Å²) < 4.78 is 61.7. The number of sulfonamides is 1. The number of aliphatic hydroxyl groups excluding tert-OH is 2. The number of halogens is 2. The Bertz CT molecular complexity index is 1350. The van der Waals surface area contributed by atoms with E-state index < -0.39 is 63.5 Å². The molecule has 2 aromatic heterocycles. The van der Waals surface area contributed by atoms with Crippen LogP contribution in [-0.4, -0.2) is 79.2 Å². The van der Waals surface area contributed by atoms with Gasteiger partial charge < -0.3 is 25.8 Å². The van der Waals surface area contributed by atoms with Crippen LogP contribution < -0.4 is 10.5 Å². The molecule has 34 heavy (non-hydrogen) atoms. The molecule has 0 spiro atoms. The number of alkyl halides is 2. The molecule has 1 fully saturated rings. The number of para-hydroxylation sites is 1. The fourth-order valence-corrected chi connectivity index (χ4v) is 4.33. The highest BCUT2D eigenvalue weighted by Crippen LogP contribution is 2.33. The predicted octanol–water partition coefficient (Wildman–Crippen LogP) is -0.872. The lowest BCUT2D eigenvalue weighted by Crippen LogP contribution is -2.49. The number of carbonyl (C=O) groups is 1. The summed E-state index contributed by atoms with van der Waals surface area (Å²) in [6.45, 7) is -0.912. The van der Waals surface area contributed by atoms with E-state index in [-0.39, 0.29) is 17.0 Å². The number of carbonyl (C=O) groups excluding carboxylic acids is 1. The molecule has 6 N–H and O–H groups in total. The van der Waals surface area contributed by atoms with Crippen LogP contribution in [0.15, 0.2) is 36.9 Å². The molecule has 0 bridgehead atoms. The number of nitrogen functional groups attached to an aromatic ring is 1. The van der Waals surface area contributed by atoms with Gasteiger partial charge in [0.15, 0.2) is 17.7 Å². The van der Waals surface area contributed by atoms with Crippen LogP contribution in [0.4, 0.5) is 14.6 Å². The van der Waals surface area contributed by atoms with Crippen molar-refractivity contribution < 1.29 is 42.0 Å². The molecule has 1 aromatic carbocycles. The van der Waals surface area contributed by atoms with E-state index in [0.29, 0.717) is 0 Å². The Balaban J connectivity index is 1.51. The molecule has 4 atom stereocenters. The normalized spacial score (nSPS) is 23.4. The number of ether oxygens (including phenoxy) is 1. The number of hydrogen-bond donors (Lipinski definition) is 5. The van der Waals surface area contributed by atoms with Gasteiger partial charge in [-0.1, -0.05) is 12.1 Å². The van der Waals surface area contributed by atoms with E-state index in [4.69, 9.17) is 10.5 Å². The number of aromatic hydroxyl groups is 1. The number of aliphatic hydroxyl groups is 2. The first-order chi connectivity index (χ1) is 16.0. The zero-order chi connectivity index (χ0) is 24.8. The second kappa shape index (κ2) is 8.48. The van der Waals surface area contributed by atoms with Crippen molar-refractivity contribution in [2.45, 2.75) is 29.8 Å². The van der Waals surface area contributed by atoms with Crippen molar-refractivity contribution in [2.75, 3.05) is 12.3 Å². The zero-order valence-electron chi connectivity index (χ0n) is 17.0. The van der Waals surface area contributed by atoms with E-state index >= 15 is 0 Å². The van der Waals surface area contributed by atoms with Crippen LogP contribution in [-0.2, 0) is 14.8 Å². The van der Waals surface area contributed by atoms with Gasteiger partial charge in [-0.15, -0.1) is 0 Å². The van der Waals surface area contributed by atoms with Crippen LogP contribution in [0.3, 0.4) is 0 Å². The number of anilines is 1. The van der Waals surface area contributed by atoms with Gasteiger partial charge in [0, 0.05) is 6.54 Å². The van der Waals surface area contributed by atoms with E-state index in [9.17, 15) is 37.3 Å². The fraction of sp³-hybridized carbons (Fsp3) is 0.333. The summed E-state index contributed by atoms with van der Waals surface area (Å²) in [5, 5.41) is 25.3. The number of aromatic nitrogens is 4. The Kier molecular flexibility index (Phi) is 5.94. The topological polar surface area (TPSA) is 203 Å². The third-order valence-electron chi connectivity index (χ3n) is 5.22. The molecule has 1 aliphatic rings. The van der Waals surface area contributed by atoms with Crippen LogP contribution in [0.5, 0.6) is 5.75 Å². The maximum Gasteiger partial charge on any atom is 0.420 e. The van der Waals surface area contributed by atoms with Crippen LogP contribution in [0.1, 0.15) is 16.6 Å². The predicted molar refractivity (Wildman–Crippen MR) is 110 cm³/mol. The molecule has 3 heterocycles. The molecule has 1 aliphatic heterocycles. The van der Waals surface area contributed by atoms with Crippen molar-refractivity contribution in [3.8, 4) is 5.75 Å². The third kappa shape index (κ3) is 3.84. The maximum atomic E-state index is 14.5. The highest BCUT2D eigenvalue weighted by molar-refractivity contribution is 7.91. The van der Waals surface area contributed by atoms with E-state index in [1.165, 1.54) is 27.7 Å². The van der Waals surface area contributed by atoms with E-state index in [0.717, 1.165) is 18.5 Å². The highest BCUT2D eigenvalue weighted by atomic mass is 32.2. The SMILES string of the molecule is Nc1ncnc2c1ncn2[C@@H]1O[C@H](CNS(=O)(=O)C(F)(F)C(=O)c2ccccc2O)C(O)C1O. The smallest absolute Gasteiger partial charge is 0.420 e. The molecule has 13 nitrogen and oxygen atoms in total. The average Bonchev–Trinajstić information content (AvgIpc) is 3.34. The molecule has 0 saturated carbocycles. The largest absolute Gasteiger partial charge is 0.507 e. The number of nitrogens with two attached hydrogens (primary N) is 1. The van der Waals surface area contributed by atoms with Gasteiger partial charge in [-0.3, -0.25) is 9.36 Å². The first-order valence-electron chi connectivity index (χ1n) is 9.60. The highest BCUT2D eigenvalue weighted by Gasteiger charge is 2.54. The first kappa shape index (κ1) is 23.8. The zero-order valence-corrected chi connectivity index (χ0v) is 17.8. The molecule has 2 unspecified atom stereocenters. The van der Waals surface area contributed by atoms with Gasteiger partial charge in [0.25, 0.3) is 15.8 Å². The minimum atomic E-state index is -5.64. The Labute approximate surface area is 189 Å². The molecule has 4 rings (SSSR count). The van der Waals surface area contributed by atoms with Crippen molar-refractivity contribution in [3.63, 3.8) is 0 Å². The molecule has 1 saturated heterocycles. The van der Waals surface area contributed by atoms with Gasteiger partial charge in [-0.25, -0.2) is 28.1 Å². The summed E-state index contributed by atoms with van der Waals surface area (Å²) in [6.07, 6.45) is -3.79. The summed E-state index contributed by atoms with van der Waals surface area (Å²) >= 11 is 0. The van der Waals surface area contributed by atoms with Gasteiger partial charge in [0.05, 0.1) is 11.9 Å². The molecule has 3 aromatic rings. The second-order valence-electron chi connectivity index (χ2n) is 7.34. The third-order valence-corrected chi connectivity index (χ3v) is 6.63. The number of nitrogens with zero attached hydrogens (tertiary/aromatic N) is 4. The van der Waals surface area contributed by atoms with Gasteiger partial charge in [-0.05, 0) is 12.1 Å². The molecule has 0 aliphatic carbocycles. The minimum Gasteiger partial charge on any atom is -0.507 e. The lowest BCUT2D eigenvalue weighted by atomic mass is 10.1. The number of phenolic OH excluding ortho intramolecular Hbond substituents is 1.